The number of carbonyl (C=O) groups is 4. The Labute approximate surface area is 298 Å². The quantitative estimate of drug-likeness (QED) is 0.127. The molecule has 0 bridgehead atoms. The van der Waals surface area contributed by atoms with E-state index in [2.05, 4.69) is 24.3 Å². The maximum absolute atomic E-state index is 12.3. The largest absolute Gasteiger partial charge is 0.465 e. The molecule has 0 saturated heterocycles. The standard InChI is InChI=1S/C32H22O8S7/c1-37-29(33)25-26(30(34)38-2)44-21(43-25)13-15-9-11-19(41-15)23-17-7-5-6-8-18(17)24(47-23)20-12-10-16(42-20)14-22-45-27(31(35)39-3)28(46-22)32(36)40-4/h5-14H,1-4H3. The Bertz CT molecular complexity index is 1870. The lowest BCUT2D eigenvalue weighted by molar-refractivity contribution is -0.138. The second-order valence-electron chi connectivity index (χ2n) is 9.33. The van der Waals surface area contributed by atoms with Crippen LogP contribution in [0.2, 0.25) is 0 Å². The maximum Gasteiger partial charge on any atom is 0.346 e. The smallest absolute Gasteiger partial charge is 0.346 e. The molecule has 0 spiro atoms. The van der Waals surface area contributed by atoms with Crippen LogP contribution in [0, 0.1) is 0 Å². The van der Waals surface area contributed by atoms with Crippen molar-refractivity contribution in [3.63, 3.8) is 0 Å². The second kappa shape index (κ2) is 14.5. The van der Waals surface area contributed by atoms with Gasteiger partial charge in [0, 0.05) is 30.3 Å². The average molecular weight is 759 g/mol. The van der Waals surface area contributed by atoms with Gasteiger partial charge < -0.3 is 18.9 Å². The van der Waals surface area contributed by atoms with Gasteiger partial charge in [-0.2, -0.15) is 0 Å². The lowest BCUT2D eigenvalue weighted by Gasteiger charge is -2.00. The molecular weight excluding hydrogens is 737 g/mol. The minimum absolute atomic E-state index is 0.224. The van der Waals surface area contributed by atoms with E-state index in [-0.39, 0.29) is 19.6 Å². The summed E-state index contributed by atoms with van der Waals surface area (Å²) in [7, 11) is 5.13. The summed E-state index contributed by atoms with van der Waals surface area (Å²) in [6.07, 6.45) is 3.92. The Hall–Kier alpha value is -3.18. The minimum atomic E-state index is -0.571. The normalized spacial score (nSPS) is 14.6. The molecule has 0 fully saturated rings. The van der Waals surface area contributed by atoms with Crippen molar-refractivity contribution in [2.45, 2.75) is 0 Å². The van der Waals surface area contributed by atoms with Crippen LogP contribution < -0.4 is 0 Å². The highest BCUT2D eigenvalue weighted by atomic mass is 32.2. The van der Waals surface area contributed by atoms with E-state index < -0.39 is 23.9 Å². The number of hydrogen-bond acceptors (Lipinski definition) is 15. The van der Waals surface area contributed by atoms with Crippen LogP contribution in [0.3, 0.4) is 0 Å². The molecule has 0 amide bonds. The van der Waals surface area contributed by atoms with Crippen molar-refractivity contribution < 1.29 is 38.1 Å². The van der Waals surface area contributed by atoms with Gasteiger partial charge in [-0.1, -0.05) is 71.3 Å². The van der Waals surface area contributed by atoms with E-state index in [1.54, 1.807) is 34.0 Å². The third-order valence-electron chi connectivity index (χ3n) is 6.55. The van der Waals surface area contributed by atoms with Crippen LogP contribution in [0.25, 0.3) is 42.4 Å². The topological polar surface area (TPSA) is 105 Å². The molecule has 2 aliphatic rings. The van der Waals surface area contributed by atoms with Crippen molar-refractivity contribution in [3.8, 4) is 19.5 Å². The molecule has 15 heteroatoms. The molecule has 4 aromatic rings. The summed E-state index contributed by atoms with van der Waals surface area (Å²) in [5.41, 5.74) is 0. The van der Waals surface area contributed by atoms with Gasteiger partial charge in [-0.25, -0.2) is 19.2 Å². The molecule has 5 heterocycles. The number of methoxy groups -OCH3 is 4. The molecule has 47 heavy (non-hydrogen) atoms. The molecule has 8 nitrogen and oxygen atoms in total. The van der Waals surface area contributed by atoms with Gasteiger partial charge in [-0.05, 0) is 36.4 Å². The van der Waals surface area contributed by atoms with E-state index >= 15 is 0 Å². The number of fused-ring (bicyclic) bond motifs is 1. The SMILES string of the molecule is COC(=O)C1=C(C(=O)OC)SC(=Cc2ccc(-c3sc(-c4ccc(C=C5SC(C(=O)OC)=C(C(=O)OC)S5)s4)c4ccccc34)s2)S1. The first-order chi connectivity index (χ1) is 22.7. The fourth-order valence-corrected chi connectivity index (χ4v) is 12.9. The number of esters is 4. The van der Waals surface area contributed by atoms with Gasteiger partial charge in [0.1, 0.15) is 19.6 Å². The molecule has 0 N–H and O–H groups in total. The molecule has 1 aromatic carbocycles. The van der Waals surface area contributed by atoms with Gasteiger partial charge in [-0.15, -0.1) is 34.0 Å². The first-order valence-corrected chi connectivity index (χ1v) is 19.1. The van der Waals surface area contributed by atoms with Crippen molar-refractivity contribution in [2.75, 3.05) is 28.4 Å². The molecule has 0 unspecified atom stereocenters. The fraction of sp³-hybridized carbons (Fsp3) is 0.125. The summed E-state index contributed by atoms with van der Waals surface area (Å²) in [6.45, 7) is 0. The third-order valence-corrected chi connectivity index (χ3v) is 15.0. The molecule has 0 aliphatic carbocycles. The van der Waals surface area contributed by atoms with E-state index in [0.29, 0.717) is 0 Å². The summed E-state index contributed by atoms with van der Waals surface area (Å²) in [6, 6.07) is 16.5. The van der Waals surface area contributed by atoms with E-state index in [9.17, 15) is 19.2 Å². The number of thioether (sulfide) groups is 4. The van der Waals surface area contributed by atoms with Crippen molar-refractivity contribution >= 4 is 128 Å². The van der Waals surface area contributed by atoms with Gasteiger partial charge in [0.25, 0.3) is 0 Å². The van der Waals surface area contributed by atoms with Crippen molar-refractivity contribution in [2.24, 2.45) is 0 Å². The molecule has 0 radical (unpaired) electrons. The van der Waals surface area contributed by atoms with E-state index in [4.69, 9.17) is 18.9 Å². The average Bonchev–Trinajstić information content (AvgIpc) is 3.93. The Kier molecular flexibility index (Phi) is 10.4. The summed E-state index contributed by atoms with van der Waals surface area (Å²) >= 11 is 9.77. The highest BCUT2D eigenvalue weighted by Gasteiger charge is 2.33. The lowest BCUT2D eigenvalue weighted by atomic mass is 10.1. The Morgan fingerprint density at radius 1 is 0.489 bits per heavy atom. The second-order valence-corrected chi connectivity index (χ2v) is 17.3. The van der Waals surface area contributed by atoms with Crippen LogP contribution in [0.4, 0.5) is 0 Å². The van der Waals surface area contributed by atoms with Gasteiger partial charge >= 0.3 is 23.9 Å². The van der Waals surface area contributed by atoms with E-state index in [0.717, 1.165) is 48.5 Å². The Morgan fingerprint density at radius 2 is 0.830 bits per heavy atom. The molecule has 240 valence electrons. The summed E-state index contributed by atoms with van der Waals surface area (Å²) < 4.78 is 21.0. The number of thiophene rings is 3. The van der Waals surface area contributed by atoms with Crippen molar-refractivity contribution in [1.82, 2.24) is 0 Å². The van der Waals surface area contributed by atoms with Crippen LogP contribution in [-0.4, -0.2) is 52.3 Å². The first kappa shape index (κ1) is 33.7. The van der Waals surface area contributed by atoms with Crippen LogP contribution in [-0.2, 0) is 38.1 Å². The number of carbonyl (C=O) groups excluding carboxylic acids is 4. The zero-order chi connectivity index (χ0) is 33.2. The molecule has 0 saturated carbocycles. The van der Waals surface area contributed by atoms with Crippen LogP contribution in [0.15, 0.2) is 76.6 Å². The number of ether oxygens (including phenoxy) is 4. The fourth-order valence-electron chi connectivity index (χ4n) is 4.45. The molecular formula is C32H22O8S7. The molecule has 0 atom stereocenters. The third kappa shape index (κ3) is 6.88. The highest BCUT2D eigenvalue weighted by Crippen LogP contribution is 2.53. The lowest BCUT2D eigenvalue weighted by Crippen LogP contribution is -2.08. The molecule has 6 rings (SSSR count). The van der Waals surface area contributed by atoms with Gasteiger partial charge in [0.15, 0.2) is 0 Å². The van der Waals surface area contributed by atoms with Gasteiger partial charge in [0.05, 0.1) is 46.7 Å². The van der Waals surface area contributed by atoms with Crippen LogP contribution in [0.5, 0.6) is 0 Å². The molecule has 2 aliphatic heterocycles. The van der Waals surface area contributed by atoms with E-state index in [1.165, 1.54) is 75.5 Å². The predicted octanol–water partition coefficient (Wildman–Crippen LogP) is 9.03. The maximum atomic E-state index is 12.3. The Morgan fingerprint density at radius 3 is 1.15 bits per heavy atom. The zero-order valence-corrected chi connectivity index (χ0v) is 30.6. The Balaban J connectivity index is 1.27. The minimum Gasteiger partial charge on any atom is -0.465 e. The van der Waals surface area contributed by atoms with Crippen molar-refractivity contribution in [1.29, 1.82) is 0 Å². The molecule has 3 aromatic heterocycles. The number of benzene rings is 1. The monoisotopic (exact) mass is 758 g/mol. The number of hydrogen-bond donors (Lipinski definition) is 0. The highest BCUT2D eigenvalue weighted by molar-refractivity contribution is 8.30. The number of rotatable bonds is 8. The van der Waals surface area contributed by atoms with Gasteiger partial charge in [-0.3, -0.25) is 0 Å². The van der Waals surface area contributed by atoms with Crippen molar-refractivity contribution in [3.05, 3.63) is 86.4 Å². The van der Waals surface area contributed by atoms with Crippen LogP contribution in [0.1, 0.15) is 9.75 Å². The van der Waals surface area contributed by atoms with Gasteiger partial charge in [0.2, 0.25) is 0 Å². The summed E-state index contributed by atoms with van der Waals surface area (Å²) in [5.74, 6) is -2.29. The summed E-state index contributed by atoms with van der Waals surface area (Å²) in [5, 5.41) is 2.29. The predicted molar refractivity (Wildman–Crippen MR) is 197 cm³/mol. The zero-order valence-electron chi connectivity index (χ0n) is 24.9. The van der Waals surface area contributed by atoms with Crippen LogP contribution >= 0.6 is 81.1 Å². The van der Waals surface area contributed by atoms with E-state index in [1.807, 2.05) is 36.4 Å². The first-order valence-electron chi connectivity index (χ1n) is 13.4. The summed E-state index contributed by atoms with van der Waals surface area (Å²) in [4.78, 5) is 56.4.